The van der Waals surface area contributed by atoms with Gasteiger partial charge in [-0.1, -0.05) is 12.1 Å². The third-order valence-electron chi connectivity index (χ3n) is 4.69. The average molecular weight is 428 g/mol. The van der Waals surface area contributed by atoms with Crippen LogP contribution in [0.2, 0.25) is 0 Å². The van der Waals surface area contributed by atoms with Crippen LogP contribution < -0.4 is 28.1 Å². The first-order valence-electron chi connectivity index (χ1n) is 9.06. The number of carbonyl (C=O) groups excluding carboxylic acids is 1. The molecular weight excluding hydrogens is 405 g/mol. The highest BCUT2D eigenvalue weighted by Crippen LogP contribution is 2.38. The van der Waals surface area contributed by atoms with E-state index in [1.165, 1.54) is 29.0 Å². The van der Waals surface area contributed by atoms with E-state index >= 15 is 0 Å². The molecule has 0 saturated carbocycles. The molecule has 0 fully saturated rings. The van der Waals surface area contributed by atoms with E-state index in [1.807, 2.05) is 0 Å². The number of halogens is 1. The van der Waals surface area contributed by atoms with Gasteiger partial charge in [-0.15, -0.1) is 11.3 Å². The van der Waals surface area contributed by atoms with Crippen LogP contribution in [0.15, 0.2) is 53.1 Å². The number of nitrogen functional groups attached to an aromatic ring is 2. The van der Waals surface area contributed by atoms with E-state index in [-0.39, 0.29) is 28.4 Å². The third-order valence-corrected chi connectivity index (χ3v) is 5.73. The van der Waals surface area contributed by atoms with Crippen molar-refractivity contribution in [3.63, 3.8) is 0 Å². The lowest BCUT2D eigenvalue weighted by molar-refractivity contribution is 0.0955. The highest BCUT2D eigenvalue weighted by Gasteiger charge is 2.21. The first-order chi connectivity index (χ1) is 14.2. The lowest BCUT2D eigenvalue weighted by atomic mass is 10.1. The summed E-state index contributed by atoms with van der Waals surface area (Å²) in [5.74, 6) is -0.988. The lowest BCUT2D eigenvalue weighted by Gasteiger charge is -2.10. The van der Waals surface area contributed by atoms with Crippen molar-refractivity contribution in [2.24, 2.45) is 5.73 Å². The quantitative estimate of drug-likeness (QED) is 0.498. The van der Waals surface area contributed by atoms with Crippen LogP contribution in [0.1, 0.15) is 34.6 Å². The topological polar surface area (TPSA) is 129 Å². The zero-order valence-corrected chi connectivity index (χ0v) is 17.3. The molecule has 0 unspecified atom stereocenters. The Morgan fingerprint density at radius 2 is 1.93 bits per heavy atom. The van der Waals surface area contributed by atoms with Gasteiger partial charge in [-0.3, -0.25) is 14.2 Å². The number of nitrogens with two attached hydrogens (primary N) is 3. The monoisotopic (exact) mass is 427 g/mol. The Hall–Kier alpha value is -3.59. The maximum atomic E-state index is 14.5. The molecule has 2 aromatic heterocycles. The van der Waals surface area contributed by atoms with Crippen molar-refractivity contribution in [1.29, 1.82) is 0 Å². The predicted molar refractivity (Wildman–Crippen MR) is 119 cm³/mol. The molecule has 0 bridgehead atoms. The highest BCUT2D eigenvalue weighted by molar-refractivity contribution is 7.18. The van der Waals surface area contributed by atoms with Crippen LogP contribution in [0.4, 0.5) is 15.1 Å². The number of amides is 1. The van der Waals surface area contributed by atoms with Crippen LogP contribution in [-0.2, 0) is 6.54 Å². The number of anilines is 2. The van der Waals surface area contributed by atoms with Crippen molar-refractivity contribution in [1.82, 2.24) is 9.88 Å². The summed E-state index contributed by atoms with van der Waals surface area (Å²) in [5, 5.41) is 3.12. The molecule has 0 radical (unpaired) electrons. The first-order valence-corrected chi connectivity index (χ1v) is 9.88. The molecule has 0 atom stereocenters. The number of hydrogen-bond acceptors (Lipinski definition) is 6. The number of hydrogen-bond donors (Lipinski definition) is 4. The van der Waals surface area contributed by atoms with E-state index in [4.69, 9.17) is 17.2 Å². The van der Waals surface area contributed by atoms with Gasteiger partial charge in [-0.05, 0) is 43.2 Å². The molecule has 0 aliphatic heterocycles. The van der Waals surface area contributed by atoms with Crippen molar-refractivity contribution in [3.8, 4) is 5.69 Å². The fourth-order valence-electron chi connectivity index (χ4n) is 2.96. The van der Waals surface area contributed by atoms with Crippen LogP contribution in [0.3, 0.4) is 0 Å². The second-order valence-corrected chi connectivity index (χ2v) is 7.82. The van der Waals surface area contributed by atoms with Gasteiger partial charge in [0.25, 0.3) is 11.5 Å². The number of thiophene rings is 1. The van der Waals surface area contributed by atoms with Gasteiger partial charge in [0.15, 0.2) is 0 Å². The molecule has 156 valence electrons. The Morgan fingerprint density at radius 3 is 2.57 bits per heavy atom. The van der Waals surface area contributed by atoms with Crippen molar-refractivity contribution in [3.05, 3.63) is 80.5 Å². The third kappa shape index (κ3) is 4.06. The summed E-state index contributed by atoms with van der Waals surface area (Å²) in [5.41, 5.74) is 20.4. The number of allylic oxidation sites excluding steroid dienone is 2. The van der Waals surface area contributed by atoms with E-state index in [1.54, 1.807) is 32.0 Å². The SMILES string of the molecule is C/C(N)=C(\C)c1c(N)sc(C(=O)NCc2ccc(-n3ccccc3=O)c(F)c2)c1N. The van der Waals surface area contributed by atoms with E-state index in [0.717, 1.165) is 11.3 Å². The molecule has 7 N–H and O–H groups in total. The van der Waals surface area contributed by atoms with Crippen LogP contribution in [0, 0.1) is 5.82 Å². The van der Waals surface area contributed by atoms with Crippen molar-refractivity contribution < 1.29 is 9.18 Å². The van der Waals surface area contributed by atoms with Gasteiger partial charge in [0.05, 0.1) is 16.4 Å². The Morgan fingerprint density at radius 1 is 1.20 bits per heavy atom. The molecule has 0 aliphatic carbocycles. The van der Waals surface area contributed by atoms with Gasteiger partial charge in [-0.2, -0.15) is 0 Å². The molecule has 1 aromatic carbocycles. The number of benzene rings is 1. The molecule has 0 aliphatic rings. The fraction of sp³-hybridized carbons (Fsp3) is 0.143. The number of nitrogens with zero attached hydrogens (tertiary/aromatic N) is 1. The largest absolute Gasteiger partial charge is 0.402 e. The van der Waals surface area contributed by atoms with E-state index in [2.05, 4.69) is 5.32 Å². The minimum atomic E-state index is -0.573. The summed E-state index contributed by atoms with van der Waals surface area (Å²) in [7, 11) is 0. The summed E-state index contributed by atoms with van der Waals surface area (Å²) < 4.78 is 15.7. The highest BCUT2D eigenvalue weighted by atomic mass is 32.1. The normalized spacial score (nSPS) is 11.8. The summed E-state index contributed by atoms with van der Waals surface area (Å²) in [6.45, 7) is 3.60. The molecular formula is C21H22FN5O2S. The van der Waals surface area contributed by atoms with Gasteiger partial charge in [0.2, 0.25) is 0 Å². The number of nitrogens with one attached hydrogen (secondary N) is 1. The predicted octanol–water partition coefficient (Wildman–Crippen LogP) is 2.84. The molecule has 1 amide bonds. The van der Waals surface area contributed by atoms with Gasteiger partial charge >= 0.3 is 0 Å². The van der Waals surface area contributed by atoms with Gasteiger partial charge in [0, 0.05) is 30.1 Å². The molecule has 30 heavy (non-hydrogen) atoms. The zero-order valence-electron chi connectivity index (χ0n) is 16.5. The Balaban J connectivity index is 1.78. The summed E-state index contributed by atoms with van der Waals surface area (Å²) in [4.78, 5) is 24.8. The van der Waals surface area contributed by atoms with Crippen LogP contribution in [0.5, 0.6) is 0 Å². The number of aromatic nitrogens is 1. The maximum Gasteiger partial charge on any atom is 0.263 e. The number of pyridine rings is 1. The molecule has 3 rings (SSSR count). The summed E-state index contributed by atoms with van der Waals surface area (Å²) in [6, 6.07) is 8.98. The first kappa shape index (κ1) is 21.1. The van der Waals surface area contributed by atoms with Crippen molar-refractivity contribution in [2.45, 2.75) is 20.4 Å². The van der Waals surface area contributed by atoms with Gasteiger partial charge in [-0.25, -0.2) is 4.39 Å². The van der Waals surface area contributed by atoms with Gasteiger partial charge < -0.3 is 22.5 Å². The maximum absolute atomic E-state index is 14.5. The van der Waals surface area contributed by atoms with Crippen molar-refractivity contribution >= 4 is 33.5 Å². The van der Waals surface area contributed by atoms with Crippen LogP contribution in [-0.4, -0.2) is 10.5 Å². The van der Waals surface area contributed by atoms with E-state index in [9.17, 15) is 14.0 Å². The van der Waals surface area contributed by atoms with E-state index in [0.29, 0.717) is 27.4 Å². The molecule has 2 heterocycles. The van der Waals surface area contributed by atoms with Crippen molar-refractivity contribution in [2.75, 3.05) is 11.5 Å². The van der Waals surface area contributed by atoms with E-state index < -0.39 is 11.7 Å². The van der Waals surface area contributed by atoms with Crippen LogP contribution in [0.25, 0.3) is 11.3 Å². The Kier molecular flexibility index (Phi) is 5.93. The second-order valence-electron chi connectivity index (χ2n) is 6.77. The summed E-state index contributed by atoms with van der Waals surface area (Å²) in [6.07, 6.45) is 1.49. The molecule has 0 spiro atoms. The minimum absolute atomic E-state index is 0.0804. The zero-order chi connectivity index (χ0) is 22.0. The Labute approximate surface area is 176 Å². The minimum Gasteiger partial charge on any atom is -0.402 e. The molecule has 0 saturated heterocycles. The molecule has 3 aromatic rings. The average Bonchev–Trinajstić information content (AvgIpc) is 3.00. The lowest BCUT2D eigenvalue weighted by Crippen LogP contribution is -2.23. The standard InChI is InChI=1S/C21H22FN5O2S/c1-11(12(2)23)17-18(24)19(30-20(17)25)21(29)26-10-13-6-7-15(14(22)9-13)27-8-4-3-5-16(27)28/h3-9H,10,23-25H2,1-2H3,(H,26,29)/b12-11-. The number of rotatable bonds is 5. The molecule has 9 heteroatoms. The van der Waals surface area contributed by atoms with Gasteiger partial charge in [0.1, 0.15) is 10.7 Å². The number of carbonyl (C=O) groups is 1. The van der Waals surface area contributed by atoms with Crippen LogP contribution >= 0.6 is 11.3 Å². The second kappa shape index (κ2) is 8.42. The Bertz CT molecular complexity index is 1210. The smallest absolute Gasteiger partial charge is 0.263 e. The molecule has 7 nitrogen and oxygen atoms in total. The fourth-order valence-corrected chi connectivity index (χ4v) is 3.92. The summed E-state index contributed by atoms with van der Waals surface area (Å²) >= 11 is 1.07.